The maximum atomic E-state index is 12.7. The molecule has 1 aliphatic rings. The van der Waals surface area contributed by atoms with Crippen LogP contribution in [0.1, 0.15) is 22.1 Å². The van der Waals surface area contributed by atoms with Crippen molar-refractivity contribution in [3.05, 3.63) is 42.0 Å². The van der Waals surface area contributed by atoms with E-state index in [1.165, 1.54) is 12.4 Å². The lowest BCUT2D eigenvalue weighted by atomic mass is 10.1. The first-order valence-corrected chi connectivity index (χ1v) is 8.89. The number of pyridine rings is 1. The number of H-pyrrole nitrogens is 1. The summed E-state index contributed by atoms with van der Waals surface area (Å²) in [5, 5.41) is 6.52. The van der Waals surface area contributed by atoms with Gasteiger partial charge >= 0.3 is 0 Å². The molecule has 8 nitrogen and oxygen atoms in total. The molecule has 1 atom stereocenters. The highest BCUT2D eigenvalue weighted by molar-refractivity contribution is 7.90. The van der Waals surface area contributed by atoms with Gasteiger partial charge in [0.25, 0.3) is 5.91 Å². The maximum Gasteiger partial charge on any atom is 0.256 e. The average Bonchev–Trinajstić information content (AvgIpc) is 3.05. The van der Waals surface area contributed by atoms with E-state index in [2.05, 4.69) is 15.2 Å². The number of carbonyl (C=O) groups is 1. The Hall–Kier alpha value is -2.26. The Morgan fingerprint density at radius 3 is 2.96 bits per heavy atom. The maximum absolute atomic E-state index is 12.7. The Bertz CT molecular complexity index is 803. The van der Waals surface area contributed by atoms with E-state index in [0.29, 0.717) is 24.4 Å². The first-order chi connectivity index (χ1) is 11.0. The Balaban J connectivity index is 1.97. The first kappa shape index (κ1) is 15.6. The number of nitrogens with zero attached hydrogens (tertiary/aromatic N) is 3. The standard InChI is InChI=1S/C14H16N4O4S/c1-23(20,21)12-8-16-17-13(12)11-9-22-6-5-18(11)14(19)10-3-2-4-15-7-10/h2-4,7-8,11H,5-6,9H2,1H3,(H,16,17)/t11-/m0/s1. The van der Waals surface area contributed by atoms with Crippen molar-refractivity contribution in [1.29, 1.82) is 0 Å². The summed E-state index contributed by atoms with van der Waals surface area (Å²) in [7, 11) is -3.45. The molecule has 1 amide bonds. The Morgan fingerprint density at radius 2 is 2.26 bits per heavy atom. The summed E-state index contributed by atoms with van der Waals surface area (Å²) in [5.41, 5.74) is 0.810. The highest BCUT2D eigenvalue weighted by Crippen LogP contribution is 2.28. The average molecular weight is 336 g/mol. The van der Waals surface area contributed by atoms with E-state index >= 15 is 0 Å². The van der Waals surface area contributed by atoms with Gasteiger partial charge in [-0.3, -0.25) is 14.9 Å². The number of sulfone groups is 1. The van der Waals surface area contributed by atoms with Gasteiger partial charge in [-0.2, -0.15) is 5.10 Å². The quantitative estimate of drug-likeness (QED) is 0.871. The molecule has 23 heavy (non-hydrogen) atoms. The van der Waals surface area contributed by atoms with Crippen LogP contribution in [0.3, 0.4) is 0 Å². The predicted octanol–water partition coefficient (Wildman–Crippen LogP) is 0.422. The largest absolute Gasteiger partial charge is 0.377 e. The first-order valence-electron chi connectivity index (χ1n) is 7.00. The predicted molar refractivity (Wildman–Crippen MR) is 80.5 cm³/mol. The van der Waals surface area contributed by atoms with Crippen molar-refractivity contribution in [3.8, 4) is 0 Å². The van der Waals surface area contributed by atoms with E-state index in [4.69, 9.17) is 4.74 Å². The number of nitrogens with one attached hydrogen (secondary N) is 1. The third kappa shape index (κ3) is 3.10. The fourth-order valence-electron chi connectivity index (χ4n) is 2.56. The molecule has 9 heteroatoms. The van der Waals surface area contributed by atoms with Gasteiger partial charge in [-0.05, 0) is 12.1 Å². The molecule has 1 N–H and O–H groups in total. The van der Waals surface area contributed by atoms with Crippen molar-refractivity contribution in [2.45, 2.75) is 10.9 Å². The summed E-state index contributed by atoms with van der Waals surface area (Å²) in [6.45, 7) is 0.960. The molecule has 3 heterocycles. The molecule has 2 aromatic heterocycles. The number of aromatic amines is 1. The van der Waals surface area contributed by atoms with Crippen LogP contribution in [0.4, 0.5) is 0 Å². The van der Waals surface area contributed by atoms with E-state index in [9.17, 15) is 13.2 Å². The van der Waals surface area contributed by atoms with Gasteiger partial charge in [0.15, 0.2) is 9.84 Å². The third-order valence-corrected chi connectivity index (χ3v) is 4.79. The van der Waals surface area contributed by atoms with Crippen LogP contribution >= 0.6 is 0 Å². The molecule has 1 aliphatic heterocycles. The monoisotopic (exact) mass is 336 g/mol. The van der Waals surface area contributed by atoms with E-state index in [-0.39, 0.29) is 17.4 Å². The van der Waals surface area contributed by atoms with Crippen LogP contribution in [0.5, 0.6) is 0 Å². The van der Waals surface area contributed by atoms with Gasteiger partial charge in [0.05, 0.1) is 36.7 Å². The summed E-state index contributed by atoms with van der Waals surface area (Å²) in [4.78, 5) is 18.3. The molecule has 0 aliphatic carbocycles. The fourth-order valence-corrected chi connectivity index (χ4v) is 3.39. The van der Waals surface area contributed by atoms with Crippen molar-refractivity contribution in [3.63, 3.8) is 0 Å². The SMILES string of the molecule is CS(=O)(=O)c1cn[nH]c1[C@@H]1COCCN1C(=O)c1cccnc1. The summed E-state index contributed by atoms with van der Waals surface area (Å²) in [6, 6.07) is 2.82. The van der Waals surface area contributed by atoms with E-state index in [0.717, 1.165) is 6.26 Å². The third-order valence-electron chi connectivity index (χ3n) is 3.66. The second-order valence-electron chi connectivity index (χ2n) is 5.25. The number of aromatic nitrogens is 3. The van der Waals surface area contributed by atoms with E-state index in [1.807, 2.05) is 0 Å². The van der Waals surface area contributed by atoms with Gasteiger partial charge in [0.2, 0.25) is 0 Å². The Labute approximate surface area is 133 Å². The minimum Gasteiger partial charge on any atom is -0.377 e. The second-order valence-corrected chi connectivity index (χ2v) is 7.24. The van der Waals surface area contributed by atoms with Crippen LogP contribution in [0, 0.1) is 0 Å². The zero-order valence-corrected chi connectivity index (χ0v) is 13.3. The fraction of sp³-hybridized carbons (Fsp3) is 0.357. The highest BCUT2D eigenvalue weighted by atomic mass is 32.2. The van der Waals surface area contributed by atoms with Crippen LogP contribution in [0.15, 0.2) is 35.6 Å². The molecule has 3 rings (SSSR count). The summed E-state index contributed by atoms with van der Waals surface area (Å²) >= 11 is 0. The number of amides is 1. The number of hydrogen-bond donors (Lipinski definition) is 1. The van der Waals surface area contributed by atoms with Crippen LogP contribution in [0.2, 0.25) is 0 Å². The van der Waals surface area contributed by atoms with E-state index in [1.54, 1.807) is 23.2 Å². The van der Waals surface area contributed by atoms with Gasteiger partial charge in [-0.15, -0.1) is 0 Å². The number of morpholine rings is 1. The van der Waals surface area contributed by atoms with Crippen molar-refractivity contribution in [1.82, 2.24) is 20.1 Å². The van der Waals surface area contributed by atoms with Crippen LogP contribution in [-0.4, -0.2) is 60.4 Å². The molecular weight excluding hydrogens is 320 g/mol. The van der Waals surface area contributed by atoms with Crippen LogP contribution in [-0.2, 0) is 14.6 Å². The van der Waals surface area contributed by atoms with E-state index < -0.39 is 15.9 Å². The Morgan fingerprint density at radius 1 is 1.43 bits per heavy atom. The minimum atomic E-state index is -3.45. The normalized spacial score (nSPS) is 18.8. The highest BCUT2D eigenvalue weighted by Gasteiger charge is 2.33. The van der Waals surface area contributed by atoms with Gasteiger partial charge in [-0.1, -0.05) is 0 Å². The van der Waals surface area contributed by atoms with Crippen molar-refractivity contribution in [2.24, 2.45) is 0 Å². The lowest BCUT2D eigenvalue weighted by molar-refractivity contribution is -0.00470. The molecule has 1 saturated heterocycles. The second kappa shape index (κ2) is 6.09. The number of hydrogen-bond acceptors (Lipinski definition) is 6. The number of rotatable bonds is 3. The van der Waals surface area contributed by atoms with Gasteiger partial charge in [0, 0.05) is 25.2 Å². The molecule has 0 unspecified atom stereocenters. The molecule has 0 saturated carbocycles. The van der Waals surface area contributed by atoms with Crippen molar-refractivity contribution in [2.75, 3.05) is 26.0 Å². The van der Waals surface area contributed by atoms with Crippen LogP contribution < -0.4 is 0 Å². The van der Waals surface area contributed by atoms with Crippen molar-refractivity contribution < 1.29 is 17.9 Å². The summed E-state index contributed by atoms with van der Waals surface area (Å²) in [5.74, 6) is -0.222. The lowest BCUT2D eigenvalue weighted by Crippen LogP contribution is -2.44. The summed E-state index contributed by atoms with van der Waals surface area (Å²) in [6.07, 6.45) is 5.44. The van der Waals surface area contributed by atoms with Gasteiger partial charge in [0.1, 0.15) is 4.90 Å². The lowest BCUT2D eigenvalue weighted by Gasteiger charge is -2.35. The zero-order valence-electron chi connectivity index (χ0n) is 12.5. The summed E-state index contributed by atoms with van der Waals surface area (Å²) < 4.78 is 29.2. The molecule has 122 valence electrons. The molecule has 0 bridgehead atoms. The smallest absolute Gasteiger partial charge is 0.256 e. The van der Waals surface area contributed by atoms with Crippen molar-refractivity contribution >= 4 is 15.7 Å². The molecule has 0 aromatic carbocycles. The molecule has 0 spiro atoms. The van der Waals surface area contributed by atoms with Gasteiger partial charge < -0.3 is 9.64 Å². The zero-order chi connectivity index (χ0) is 16.4. The molecule has 2 aromatic rings. The molecule has 0 radical (unpaired) electrons. The molecular formula is C14H16N4O4S. The topological polar surface area (TPSA) is 105 Å². The Kier molecular flexibility index (Phi) is 4.14. The number of carbonyl (C=O) groups excluding carboxylic acids is 1. The van der Waals surface area contributed by atoms with Gasteiger partial charge in [-0.25, -0.2) is 8.42 Å². The molecule has 1 fully saturated rings. The number of ether oxygens (including phenoxy) is 1. The minimum absolute atomic E-state index is 0.0805. The van der Waals surface area contributed by atoms with Crippen LogP contribution in [0.25, 0.3) is 0 Å².